The van der Waals surface area contributed by atoms with Crippen LogP contribution in [0.3, 0.4) is 0 Å². The third-order valence-corrected chi connectivity index (χ3v) is 4.47. The number of carbonyl (C=O) groups excluding carboxylic acids is 2. The van der Waals surface area contributed by atoms with E-state index >= 15 is 0 Å². The normalized spacial score (nSPS) is 10.1. The SMILES string of the molecule is COc1ccccc1OCC(=O)Nc1cccc(NC(=O)c2ccc(OC)c([N+](=O)[O-])c2)c1. The van der Waals surface area contributed by atoms with E-state index in [1.54, 1.807) is 48.5 Å². The molecule has 2 N–H and O–H groups in total. The highest BCUT2D eigenvalue weighted by molar-refractivity contribution is 6.05. The van der Waals surface area contributed by atoms with Crippen LogP contribution in [0.25, 0.3) is 0 Å². The summed E-state index contributed by atoms with van der Waals surface area (Å²) in [7, 11) is 2.81. The van der Waals surface area contributed by atoms with Gasteiger partial charge in [0.25, 0.3) is 11.8 Å². The molecule has 3 aromatic rings. The third kappa shape index (κ3) is 5.97. The van der Waals surface area contributed by atoms with Gasteiger partial charge in [-0.1, -0.05) is 18.2 Å². The van der Waals surface area contributed by atoms with E-state index < -0.39 is 16.7 Å². The number of para-hydroxylation sites is 2. The van der Waals surface area contributed by atoms with Crippen molar-refractivity contribution in [3.8, 4) is 17.2 Å². The highest BCUT2D eigenvalue weighted by Crippen LogP contribution is 2.28. The molecule has 33 heavy (non-hydrogen) atoms. The fraction of sp³-hybridized carbons (Fsp3) is 0.130. The Morgan fingerprint density at radius 1 is 0.848 bits per heavy atom. The predicted molar refractivity (Wildman–Crippen MR) is 121 cm³/mol. The summed E-state index contributed by atoms with van der Waals surface area (Å²) in [4.78, 5) is 35.4. The lowest BCUT2D eigenvalue weighted by Gasteiger charge is -2.11. The molecule has 0 saturated heterocycles. The Morgan fingerprint density at radius 3 is 2.18 bits per heavy atom. The van der Waals surface area contributed by atoms with E-state index in [1.165, 1.54) is 26.4 Å². The summed E-state index contributed by atoms with van der Waals surface area (Å²) in [5.41, 5.74) is 0.590. The van der Waals surface area contributed by atoms with E-state index in [0.717, 1.165) is 6.07 Å². The van der Waals surface area contributed by atoms with Crippen LogP contribution < -0.4 is 24.8 Å². The molecular weight excluding hydrogens is 430 g/mol. The second-order valence-electron chi connectivity index (χ2n) is 6.67. The Hall–Kier alpha value is -4.60. The van der Waals surface area contributed by atoms with Crippen molar-refractivity contribution in [1.29, 1.82) is 0 Å². The molecule has 0 aliphatic heterocycles. The number of hydrogen-bond acceptors (Lipinski definition) is 7. The maximum absolute atomic E-state index is 12.5. The number of hydrogen-bond donors (Lipinski definition) is 2. The molecule has 0 fully saturated rings. The average molecular weight is 451 g/mol. The Labute approximate surface area is 189 Å². The van der Waals surface area contributed by atoms with Gasteiger partial charge in [0.1, 0.15) is 0 Å². The monoisotopic (exact) mass is 451 g/mol. The highest BCUT2D eigenvalue weighted by Gasteiger charge is 2.18. The first kappa shape index (κ1) is 23.1. The van der Waals surface area contributed by atoms with E-state index in [-0.39, 0.29) is 23.6 Å². The number of nitro groups is 1. The van der Waals surface area contributed by atoms with Gasteiger partial charge in [-0.2, -0.15) is 0 Å². The van der Waals surface area contributed by atoms with Gasteiger partial charge in [0, 0.05) is 23.0 Å². The van der Waals surface area contributed by atoms with Crippen molar-refractivity contribution < 1.29 is 28.7 Å². The van der Waals surface area contributed by atoms with Crippen molar-refractivity contribution >= 4 is 28.9 Å². The number of nitrogens with zero attached hydrogens (tertiary/aromatic N) is 1. The van der Waals surface area contributed by atoms with Crippen LogP contribution in [0.5, 0.6) is 17.2 Å². The fourth-order valence-corrected chi connectivity index (χ4v) is 2.93. The maximum atomic E-state index is 12.5. The number of rotatable bonds is 9. The predicted octanol–water partition coefficient (Wildman–Crippen LogP) is 3.88. The first-order valence-corrected chi connectivity index (χ1v) is 9.70. The van der Waals surface area contributed by atoms with Crippen LogP contribution in [-0.2, 0) is 4.79 Å². The van der Waals surface area contributed by atoms with Gasteiger partial charge in [0.05, 0.1) is 19.1 Å². The van der Waals surface area contributed by atoms with Gasteiger partial charge in [-0.25, -0.2) is 0 Å². The van der Waals surface area contributed by atoms with Gasteiger partial charge in [-0.3, -0.25) is 19.7 Å². The fourth-order valence-electron chi connectivity index (χ4n) is 2.93. The number of methoxy groups -OCH3 is 2. The summed E-state index contributed by atoms with van der Waals surface area (Å²) in [6, 6.07) is 17.3. The van der Waals surface area contributed by atoms with Crippen LogP contribution >= 0.6 is 0 Å². The first-order chi connectivity index (χ1) is 15.9. The van der Waals surface area contributed by atoms with Gasteiger partial charge in [0.15, 0.2) is 23.9 Å². The number of anilines is 2. The molecule has 2 amide bonds. The number of nitro benzene ring substituents is 1. The van der Waals surface area contributed by atoms with E-state index in [1.807, 2.05) is 0 Å². The van der Waals surface area contributed by atoms with E-state index in [0.29, 0.717) is 22.9 Å². The molecular formula is C23H21N3O7. The molecule has 0 radical (unpaired) electrons. The molecule has 10 heteroatoms. The number of benzene rings is 3. The van der Waals surface area contributed by atoms with Crippen molar-refractivity contribution in [3.63, 3.8) is 0 Å². The van der Waals surface area contributed by atoms with Crippen LogP contribution in [0.15, 0.2) is 66.7 Å². The van der Waals surface area contributed by atoms with Crippen molar-refractivity contribution in [2.24, 2.45) is 0 Å². The van der Waals surface area contributed by atoms with Crippen LogP contribution in [0.4, 0.5) is 17.1 Å². The van der Waals surface area contributed by atoms with Gasteiger partial charge < -0.3 is 24.8 Å². The summed E-state index contributed by atoms with van der Waals surface area (Å²) in [5, 5.41) is 16.5. The number of amides is 2. The van der Waals surface area contributed by atoms with Crippen molar-refractivity contribution in [2.45, 2.75) is 0 Å². The van der Waals surface area contributed by atoms with Gasteiger partial charge in [0.2, 0.25) is 0 Å². The van der Waals surface area contributed by atoms with Crippen LogP contribution in [0.2, 0.25) is 0 Å². The van der Waals surface area contributed by atoms with Crippen LogP contribution in [0, 0.1) is 10.1 Å². The van der Waals surface area contributed by atoms with Gasteiger partial charge in [-0.05, 0) is 42.5 Å². The zero-order valence-corrected chi connectivity index (χ0v) is 17.9. The lowest BCUT2D eigenvalue weighted by molar-refractivity contribution is -0.385. The van der Waals surface area contributed by atoms with Crippen LogP contribution in [-0.4, -0.2) is 37.6 Å². The zero-order chi connectivity index (χ0) is 23.8. The summed E-state index contributed by atoms with van der Waals surface area (Å²) >= 11 is 0. The highest BCUT2D eigenvalue weighted by atomic mass is 16.6. The molecule has 10 nitrogen and oxygen atoms in total. The zero-order valence-electron chi connectivity index (χ0n) is 17.9. The Morgan fingerprint density at radius 2 is 1.52 bits per heavy atom. The molecule has 3 rings (SSSR count). The lowest BCUT2D eigenvalue weighted by atomic mass is 10.1. The van der Waals surface area contributed by atoms with Crippen LogP contribution in [0.1, 0.15) is 10.4 Å². The number of nitrogens with one attached hydrogen (secondary N) is 2. The lowest BCUT2D eigenvalue weighted by Crippen LogP contribution is -2.20. The topological polar surface area (TPSA) is 129 Å². The Kier molecular flexibility index (Phi) is 7.43. The molecule has 170 valence electrons. The second kappa shape index (κ2) is 10.6. The summed E-state index contributed by atoms with van der Waals surface area (Å²) in [5.74, 6) is 0.0361. The Balaban J connectivity index is 1.63. The quantitative estimate of drug-likeness (QED) is 0.373. The van der Waals surface area contributed by atoms with Gasteiger partial charge >= 0.3 is 5.69 Å². The average Bonchev–Trinajstić information content (AvgIpc) is 2.82. The molecule has 0 aromatic heterocycles. The molecule has 0 unspecified atom stereocenters. The molecule has 3 aromatic carbocycles. The van der Waals surface area contributed by atoms with Crippen molar-refractivity contribution in [2.75, 3.05) is 31.5 Å². The standard InChI is InChI=1S/C23H21N3O7/c1-31-19-11-10-15(12-18(19)26(29)30)23(28)25-17-7-5-6-16(13-17)24-22(27)14-33-21-9-4-3-8-20(21)32-2/h3-13H,14H2,1-2H3,(H,24,27)(H,25,28). The molecule has 0 bridgehead atoms. The van der Waals surface area contributed by atoms with E-state index in [4.69, 9.17) is 14.2 Å². The minimum atomic E-state index is -0.626. The minimum absolute atomic E-state index is 0.0524. The van der Waals surface area contributed by atoms with Gasteiger partial charge in [-0.15, -0.1) is 0 Å². The minimum Gasteiger partial charge on any atom is -0.493 e. The Bertz CT molecular complexity index is 1180. The number of ether oxygens (including phenoxy) is 3. The molecule has 0 saturated carbocycles. The second-order valence-corrected chi connectivity index (χ2v) is 6.67. The largest absolute Gasteiger partial charge is 0.493 e. The summed E-state index contributed by atoms with van der Waals surface area (Å²) < 4.78 is 15.6. The molecule has 0 atom stereocenters. The molecule has 0 aliphatic rings. The molecule has 0 heterocycles. The maximum Gasteiger partial charge on any atom is 0.311 e. The van der Waals surface area contributed by atoms with Crippen molar-refractivity contribution in [3.05, 3.63) is 82.4 Å². The molecule has 0 aliphatic carbocycles. The molecule has 0 spiro atoms. The van der Waals surface area contributed by atoms with E-state index in [2.05, 4.69) is 10.6 Å². The number of carbonyl (C=O) groups is 2. The van der Waals surface area contributed by atoms with E-state index in [9.17, 15) is 19.7 Å². The summed E-state index contributed by atoms with van der Waals surface area (Å²) in [6.45, 7) is -0.244. The van der Waals surface area contributed by atoms with Crippen molar-refractivity contribution in [1.82, 2.24) is 0 Å². The third-order valence-electron chi connectivity index (χ3n) is 4.47. The summed E-state index contributed by atoms with van der Waals surface area (Å²) in [6.07, 6.45) is 0. The first-order valence-electron chi connectivity index (χ1n) is 9.70. The smallest absolute Gasteiger partial charge is 0.311 e.